The minimum Gasteiger partial charge on any atom is -0.465 e. The molecular formula is C25H29N3O6. The molecule has 2 aromatic rings. The third kappa shape index (κ3) is 5.72. The number of amides is 2. The SMILES string of the molecule is COC(=O)c1cc(NC(=O)CN2CCCc3c(C(=O)NC(C)C)cccc32)cc(C(=O)OC)c1. The molecule has 0 fully saturated rings. The number of nitrogens with zero attached hydrogens (tertiary/aromatic N) is 1. The smallest absolute Gasteiger partial charge is 0.337 e. The van der Waals surface area contributed by atoms with Crippen molar-refractivity contribution in [3.63, 3.8) is 0 Å². The van der Waals surface area contributed by atoms with Crippen LogP contribution >= 0.6 is 0 Å². The van der Waals surface area contributed by atoms with Gasteiger partial charge < -0.3 is 25.0 Å². The second-order valence-corrected chi connectivity index (χ2v) is 8.29. The molecule has 1 aliphatic heterocycles. The van der Waals surface area contributed by atoms with E-state index in [9.17, 15) is 19.2 Å². The lowest BCUT2D eigenvalue weighted by Crippen LogP contribution is -2.38. The summed E-state index contributed by atoms with van der Waals surface area (Å²) in [5.41, 5.74) is 2.88. The number of rotatable bonds is 7. The maximum absolute atomic E-state index is 12.9. The van der Waals surface area contributed by atoms with E-state index in [0.717, 1.165) is 24.1 Å². The average Bonchev–Trinajstić information content (AvgIpc) is 2.82. The molecule has 34 heavy (non-hydrogen) atoms. The third-order valence-corrected chi connectivity index (χ3v) is 5.40. The Bertz CT molecular complexity index is 1080. The Kier molecular flexibility index (Phi) is 7.88. The Balaban J connectivity index is 1.81. The Morgan fingerprint density at radius 2 is 1.65 bits per heavy atom. The van der Waals surface area contributed by atoms with Crippen molar-refractivity contribution in [2.45, 2.75) is 32.7 Å². The Hall–Kier alpha value is -3.88. The van der Waals surface area contributed by atoms with Gasteiger partial charge in [0.1, 0.15) is 0 Å². The summed E-state index contributed by atoms with van der Waals surface area (Å²) in [4.78, 5) is 51.4. The average molecular weight is 468 g/mol. The van der Waals surface area contributed by atoms with Gasteiger partial charge in [-0.15, -0.1) is 0 Å². The number of carbonyl (C=O) groups excluding carboxylic acids is 4. The van der Waals surface area contributed by atoms with Crippen LogP contribution in [0.2, 0.25) is 0 Å². The van der Waals surface area contributed by atoms with E-state index in [1.807, 2.05) is 30.9 Å². The third-order valence-electron chi connectivity index (χ3n) is 5.40. The second kappa shape index (κ2) is 10.8. The summed E-state index contributed by atoms with van der Waals surface area (Å²) in [6.45, 7) is 4.51. The van der Waals surface area contributed by atoms with Crippen LogP contribution in [0.25, 0.3) is 0 Å². The summed E-state index contributed by atoms with van der Waals surface area (Å²) < 4.78 is 9.47. The van der Waals surface area contributed by atoms with Crippen molar-refractivity contribution in [3.05, 3.63) is 58.7 Å². The summed E-state index contributed by atoms with van der Waals surface area (Å²) in [6, 6.07) is 9.76. The first-order valence-corrected chi connectivity index (χ1v) is 11.0. The monoisotopic (exact) mass is 467 g/mol. The molecule has 0 spiro atoms. The van der Waals surface area contributed by atoms with Crippen molar-refractivity contribution in [1.29, 1.82) is 0 Å². The Labute approximate surface area is 198 Å². The second-order valence-electron chi connectivity index (χ2n) is 8.29. The van der Waals surface area contributed by atoms with Crippen LogP contribution < -0.4 is 15.5 Å². The van der Waals surface area contributed by atoms with Crippen molar-refractivity contribution < 1.29 is 28.7 Å². The van der Waals surface area contributed by atoms with Crippen LogP contribution in [0.15, 0.2) is 36.4 Å². The van der Waals surface area contributed by atoms with Crippen LogP contribution in [0.3, 0.4) is 0 Å². The topological polar surface area (TPSA) is 114 Å². The van der Waals surface area contributed by atoms with E-state index in [0.29, 0.717) is 12.1 Å². The molecule has 0 unspecified atom stereocenters. The molecule has 0 bridgehead atoms. The maximum Gasteiger partial charge on any atom is 0.337 e. The van der Waals surface area contributed by atoms with Gasteiger partial charge in [-0.1, -0.05) is 6.07 Å². The van der Waals surface area contributed by atoms with Gasteiger partial charge >= 0.3 is 11.9 Å². The van der Waals surface area contributed by atoms with Crippen molar-refractivity contribution in [2.24, 2.45) is 0 Å². The maximum atomic E-state index is 12.9. The van der Waals surface area contributed by atoms with Gasteiger partial charge in [-0.05, 0) is 62.6 Å². The van der Waals surface area contributed by atoms with Crippen molar-refractivity contribution >= 4 is 35.1 Å². The van der Waals surface area contributed by atoms with Gasteiger partial charge in [-0.3, -0.25) is 9.59 Å². The minimum atomic E-state index is -0.640. The fraction of sp³-hybridized carbons (Fsp3) is 0.360. The van der Waals surface area contributed by atoms with Crippen LogP contribution in [-0.4, -0.2) is 57.1 Å². The number of fused-ring (bicyclic) bond motifs is 1. The molecule has 2 N–H and O–H groups in total. The van der Waals surface area contributed by atoms with E-state index in [1.54, 1.807) is 6.07 Å². The highest BCUT2D eigenvalue weighted by Crippen LogP contribution is 2.30. The van der Waals surface area contributed by atoms with Gasteiger partial charge in [0.2, 0.25) is 5.91 Å². The highest BCUT2D eigenvalue weighted by molar-refractivity contribution is 6.01. The Morgan fingerprint density at radius 1 is 1.00 bits per heavy atom. The van der Waals surface area contributed by atoms with Crippen LogP contribution in [-0.2, 0) is 20.7 Å². The summed E-state index contributed by atoms with van der Waals surface area (Å²) in [6.07, 6.45) is 1.55. The predicted octanol–water partition coefficient (Wildman–Crippen LogP) is 2.79. The fourth-order valence-corrected chi connectivity index (χ4v) is 3.96. The van der Waals surface area contributed by atoms with E-state index in [2.05, 4.69) is 10.6 Å². The van der Waals surface area contributed by atoms with Gasteiger partial charge in [0, 0.05) is 29.5 Å². The first kappa shape index (κ1) is 24.8. The zero-order valence-electron chi connectivity index (χ0n) is 19.8. The summed E-state index contributed by atoms with van der Waals surface area (Å²) in [7, 11) is 2.46. The van der Waals surface area contributed by atoms with Crippen molar-refractivity contribution in [3.8, 4) is 0 Å². The standard InChI is InChI=1S/C25H29N3O6/c1-15(2)26-23(30)20-7-5-9-21-19(20)8-6-10-28(21)14-22(29)27-18-12-16(24(31)33-3)11-17(13-18)25(32)34-4/h5,7,9,11-13,15H,6,8,10,14H2,1-4H3,(H,26,30)(H,27,29). The summed E-state index contributed by atoms with van der Waals surface area (Å²) in [5.74, 6) is -1.74. The van der Waals surface area contributed by atoms with Gasteiger partial charge in [0.25, 0.3) is 5.91 Å². The lowest BCUT2D eigenvalue weighted by molar-refractivity contribution is -0.115. The summed E-state index contributed by atoms with van der Waals surface area (Å²) in [5, 5.41) is 5.67. The molecule has 2 aromatic carbocycles. The van der Waals surface area contributed by atoms with Crippen molar-refractivity contribution in [2.75, 3.05) is 37.5 Å². The fourth-order valence-electron chi connectivity index (χ4n) is 3.96. The molecule has 0 radical (unpaired) electrons. The quantitative estimate of drug-likeness (QED) is 0.602. The number of nitrogens with one attached hydrogen (secondary N) is 2. The Morgan fingerprint density at radius 3 is 2.24 bits per heavy atom. The molecule has 0 atom stereocenters. The van der Waals surface area contributed by atoms with E-state index in [4.69, 9.17) is 9.47 Å². The first-order chi connectivity index (χ1) is 16.2. The molecule has 9 heteroatoms. The number of esters is 2. The summed E-state index contributed by atoms with van der Waals surface area (Å²) >= 11 is 0. The van der Waals surface area contributed by atoms with Crippen LogP contribution in [0, 0.1) is 0 Å². The zero-order valence-corrected chi connectivity index (χ0v) is 19.8. The molecule has 2 amide bonds. The van der Waals surface area contributed by atoms with E-state index < -0.39 is 11.9 Å². The van der Waals surface area contributed by atoms with Gasteiger partial charge in [0.05, 0.1) is 31.9 Å². The molecule has 0 saturated heterocycles. The lowest BCUT2D eigenvalue weighted by Gasteiger charge is -2.32. The molecule has 180 valence electrons. The van der Waals surface area contributed by atoms with Gasteiger partial charge in [-0.25, -0.2) is 9.59 Å². The predicted molar refractivity (Wildman–Crippen MR) is 127 cm³/mol. The molecule has 0 saturated carbocycles. The molecule has 9 nitrogen and oxygen atoms in total. The number of methoxy groups -OCH3 is 2. The largest absolute Gasteiger partial charge is 0.465 e. The molecule has 0 aliphatic carbocycles. The van der Waals surface area contributed by atoms with Gasteiger partial charge in [0.15, 0.2) is 0 Å². The number of hydrogen-bond acceptors (Lipinski definition) is 7. The zero-order chi connectivity index (χ0) is 24.8. The first-order valence-electron chi connectivity index (χ1n) is 11.0. The van der Waals surface area contributed by atoms with Gasteiger partial charge in [-0.2, -0.15) is 0 Å². The van der Waals surface area contributed by atoms with Crippen LogP contribution in [0.1, 0.15) is 56.9 Å². The highest BCUT2D eigenvalue weighted by Gasteiger charge is 2.24. The van der Waals surface area contributed by atoms with E-state index in [1.165, 1.54) is 32.4 Å². The number of hydrogen-bond donors (Lipinski definition) is 2. The number of ether oxygens (including phenoxy) is 2. The molecule has 0 aromatic heterocycles. The number of benzene rings is 2. The van der Waals surface area contributed by atoms with E-state index in [-0.39, 0.29) is 41.2 Å². The van der Waals surface area contributed by atoms with E-state index >= 15 is 0 Å². The molecule has 1 heterocycles. The minimum absolute atomic E-state index is 0.0180. The molecule has 1 aliphatic rings. The normalized spacial score (nSPS) is 12.6. The molecular weight excluding hydrogens is 438 g/mol. The highest BCUT2D eigenvalue weighted by atomic mass is 16.5. The lowest BCUT2D eigenvalue weighted by atomic mass is 9.95. The number of carbonyl (C=O) groups is 4. The molecule has 3 rings (SSSR count). The van der Waals surface area contributed by atoms with Crippen LogP contribution in [0.4, 0.5) is 11.4 Å². The van der Waals surface area contributed by atoms with Crippen molar-refractivity contribution in [1.82, 2.24) is 5.32 Å². The number of anilines is 2. The van der Waals surface area contributed by atoms with Crippen LogP contribution in [0.5, 0.6) is 0 Å².